The summed E-state index contributed by atoms with van der Waals surface area (Å²) in [6, 6.07) is 5.43. The van der Waals surface area contributed by atoms with Crippen molar-refractivity contribution in [2.45, 2.75) is 20.8 Å². The summed E-state index contributed by atoms with van der Waals surface area (Å²) in [5.74, 6) is 0.627. The highest BCUT2D eigenvalue weighted by Crippen LogP contribution is 2.19. The number of nitrogens with one attached hydrogen (secondary N) is 1. The summed E-state index contributed by atoms with van der Waals surface area (Å²) in [5.41, 5.74) is 3.90. The molecule has 1 aromatic carbocycles. The fourth-order valence-electron chi connectivity index (χ4n) is 1.33. The zero-order valence-electron chi connectivity index (χ0n) is 10.7. The first-order valence-corrected chi connectivity index (χ1v) is 5.61. The van der Waals surface area contributed by atoms with E-state index in [0.29, 0.717) is 23.8 Å². The number of rotatable bonds is 5. The molecular formula is C13H19NO3. The van der Waals surface area contributed by atoms with Gasteiger partial charge in [-0.3, -0.25) is 9.63 Å². The Hall–Kier alpha value is -1.55. The summed E-state index contributed by atoms with van der Waals surface area (Å²) >= 11 is 0. The first-order valence-electron chi connectivity index (χ1n) is 5.61. The summed E-state index contributed by atoms with van der Waals surface area (Å²) < 4.78 is 5.13. The molecule has 0 fully saturated rings. The van der Waals surface area contributed by atoms with Gasteiger partial charge in [-0.2, -0.15) is 0 Å². The lowest BCUT2D eigenvalue weighted by molar-refractivity contribution is 0.0206. The van der Waals surface area contributed by atoms with Gasteiger partial charge in [0.1, 0.15) is 5.75 Å². The third-order valence-corrected chi connectivity index (χ3v) is 2.18. The largest absolute Gasteiger partial charge is 0.496 e. The molecule has 0 atom stereocenters. The summed E-state index contributed by atoms with van der Waals surface area (Å²) in [5, 5.41) is 0. The second kappa shape index (κ2) is 6.25. The summed E-state index contributed by atoms with van der Waals surface area (Å²) in [6.07, 6.45) is 0. The fourth-order valence-corrected chi connectivity index (χ4v) is 1.33. The van der Waals surface area contributed by atoms with Crippen LogP contribution in [0.4, 0.5) is 0 Å². The molecule has 1 N–H and O–H groups in total. The monoisotopic (exact) mass is 237 g/mol. The Kier molecular flexibility index (Phi) is 4.97. The molecule has 1 rings (SSSR count). The zero-order chi connectivity index (χ0) is 12.8. The molecule has 94 valence electrons. The molecule has 0 saturated carbocycles. The van der Waals surface area contributed by atoms with Gasteiger partial charge in [-0.15, -0.1) is 0 Å². The minimum absolute atomic E-state index is 0.286. The molecule has 17 heavy (non-hydrogen) atoms. The molecule has 0 unspecified atom stereocenters. The van der Waals surface area contributed by atoms with Crippen LogP contribution in [0, 0.1) is 12.8 Å². The molecule has 0 aliphatic rings. The van der Waals surface area contributed by atoms with Crippen LogP contribution in [0.1, 0.15) is 29.8 Å². The minimum Gasteiger partial charge on any atom is -0.496 e. The van der Waals surface area contributed by atoms with E-state index in [-0.39, 0.29) is 5.91 Å². The maximum Gasteiger partial charge on any atom is 0.278 e. The van der Waals surface area contributed by atoms with Crippen molar-refractivity contribution in [3.8, 4) is 5.75 Å². The van der Waals surface area contributed by atoms with E-state index in [1.807, 2.05) is 26.8 Å². The lowest BCUT2D eigenvalue weighted by atomic mass is 10.1. The maximum absolute atomic E-state index is 11.8. The van der Waals surface area contributed by atoms with Crippen molar-refractivity contribution in [2.75, 3.05) is 13.7 Å². The molecule has 0 aliphatic carbocycles. The number of aryl methyl sites for hydroxylation is 1. The van der Waals surface area contributed by atoms with Crippen molar-refractivity contribution in [2.24, 2.45) is 5.92 Å². The number of hydroxylamine groups is 1. The topological polar surface area (TPSA) is 47.6 Å². The Morgan fingerprint density at radius 1 is 1.41 bits per heavy atom. The average molecular weight is 237 g/mol. The van der Waals surface area contributed by atoms with E-state index in [1.165, 1.54) is 7.11 Å². The number of carbonyl (C=O) groups excluding carboxylic acids is 1. The number of hydrogen-bond donors (Lipinski definition) is 1. The van der Waals surface area contributed by atoms with E-state index in [9.17, 15) is 4.79 Å². The summed E-state index contributed by atoms with van der Waals surface area (Å²) in [7, 11) is 1.54. The standard InChI is InChI=1S/C13H19NO3/c1-9(2)8-17-14-13(15)11-7-10(3)5-6-12(11)16-4/h5-7,9H,8H2,1-4H3,(H,14,15). The van der Waals surface area contributed by atoms with E-state index >= 15 is 0 Å². The van der Waals surface area contributed by atoms with E-state index in [1.54, 1.807) is 12.1 Å². The number of benzene rings is 1. The van der Waals surface area contributed by atoms with Gasteiger partial charge in [0.05, 0.1) is 19.3 Å². The zero-order valence-corrected chi connectivity index (χ0v) is 10.7. The van der Waals surface area contributed by atoms with Gasteiger partial charge in [-0.05, 0) is 25.0 Å². The Morgan fingerprint density at radius 2 is 2.12 bits per heavy atom. The van der Waals surface area contributed by atoms with Gasteiger partial charge in [-0.1, -0.05) is 25.5 Å². The van der Waals surface area contributed by atoms with Crippen LogP contribution in [0.5, 0.6) is 5.75 Å². The molecule has 4 nitrogen and oxygen atoms in total. The van der Waals surface area contributed by atoms with Crippen LogP contribution in [0.15, 0.2) is 18.2 Å². The molecule has 0 aromatic heterocycles. The van der Waals surface area contributed by atoms with Crippen molar-refractivity contribution in [1.29, 1.82) is 0 Å². The average Bonchev–Trinajstić information content (AvgIpc) is 2.28. The molecule has 0 bridgehead atoms. The predicted octanol–water partition coefficient (Wildman–Crippen LogP) is 2.32. The Labute approximate surface area is 102 Å². The van der Waals surface area contributed by atoms with E-state index < -0.39 is 0 Å². The molecule has 4 heteroatoms. The second-order valence-electron chi connectivity index (χ2n) is 4.34. The quantitative estimate of drug-likeness (QED) is 0.799. The van der Waals surface area contributed by atoms with Crippen LogP contribution in [0.3, 0.4) is 0 Å². The molecule has 0 heterocycles. The molecule has 1 aromatic rings. The highest BCUT2D eigenvalue weighted by atomic mass is 16.7. The lowest BCUT2D eigenvalue weighted by Gasteiger charge is -2.11. The predicted molar refractivity (Wildman–Crippen MR) is 66.0 cm³/mol. The van der Waals surface area contributed by atoms with Gasteiger partial charge in [0.2, 0.25) is 0 Å². The number of ether oxygens (including phenoxy) is 1. The van der Waals surface area contributed by atoms with E-state index in [4.69, 9.17) is 9.57 Å². The van der Waals surface area contributed by atoms with Gasteiger partial charge < -0.3 is 4.74 Å². The highest BCUT2D eigenvalue weighted by Gasteiger charge is 2.12. The van der Waals surface area contributed by atoms with Crippen LogP contribution in [0.25, 0.3) is 0 Å². The number of methoxy groups -OCH3 is 1. The molecule has 0 aliphatic heterocycles. The molecule has 0 radical (unpaired) electrons. The Bertz CT molecular complexity index is 388. The normalized spacial score (nSPS) is 10.4. The molecular weight excluding hydrogens is 218 g/mol. The Morgan fingerprint density at radius 3 is 2.71 bits per heavy atom. The smallest absolute Gasteiger partial charge is 0.278 e. The van der Waals surface area contributed by atoms with Crippen molar-refractivity contribution in [1.82, 2.24) is 5.48 Å². The van der Waals surface area contributed by atoms with Gasteiger partial charge in [-0.25, -0.2) is 5.48 Å². The maximum atomic E-state index is 11.8. The summed E-state index contributed by atoms with van der Waals surface area (Å²) in [4.78, 5) is 16.9. The van der Waals surface area contributed by atoms with Crippen LogP contribution in [-0.4, -0.2) is 19.6 Å². The number of hydrogen-bond acceptors (Lipinski definition) is 3. The van der Waals surface area contributed by atoms with Crippen LogP contribution in [0.2, 0.25) is 0 Å². The van der Waals surface area contributed by atoms with Crippen LogP contribution >= 0.6 is 0 Å². The molecule has 0 spiro atoms. The van der Waals surface area contributed by atoms with Crippen LogP contribution in [-0.2, 0) is 4.84 Å². The van der Waals surface area contributed by atoms with Crippen molar-refractivity contribution in [3.05, 3.63) is 29.3 Å². The number of carbonyl (C=O) groups is 1. The second-order valence-corrected chi connectivity index (χ2v) is 4.34. The number of amides is 1. The van der Waals surface area contributed by atoms with Gasteiger partial charge in [0.15, 0.2) is 0 Å². The SMILES string of the molecule is COc1ccc(C)cc1C(=O)NOCC(C)C. The van der Waals surface area contributed by atoms with Gasteiger partial charge in [0, 0.05) is 0 Å². The lowest BCUT2D eigenvalue weighted by Crippen LogP contribution is -2.26. The van der Waals surface area contributed by atoms with Crippen molar-refractivity contribution in [3.63, 3.8) is 0 Å². The first-order chi connectivity index (χ1) is 8.04. The third kappa shape index (κ3) is 4.07. The van der Waals surface area contributed by atoms with Gasteiger partial charge >= 0.3 is 0 Å². The highest BCUT2D eigenvalue weighted by molar-refractivity contribution is 5.96. The Balaban J connectivity index is 2.70. The molecule has 0 saturated heterocycles. The fraction of sp³-hybridized carbons (Fsp3) is 0.462. The third-order valence-electron chi connectivity index (χ3n) is 2.18. The van der Waals surface area contributed by atoms with Gasteiger partial charge in [0.25, 0.3) is 5.91 Å². The minimum atomic E-state index is -0.286. The van der Waals surface area contributed by atoms with E-state index in [0.717, 1.165) is 5.56 Å². The first kappa shape index (κ1) is 13.5. The van der Waals surface area contributed by atoms with Crippen LogP contribution < -0.4 is 10.2 Å². The van der Waals surface area contributed by atoms with Crippen molar-refractivity contribution < 1.29 is 14.4 Å². The van der Waals surface area contributed by atoms with Crippen molar-refractivity contribution >= 4 is 5.91 Å². The summed E-state index contributed by atoms with van der Waals surface area (Å²) in [6.45, 7) is 6.43. The molecule has 1 amide bonds. The van der Waals surface area contributed by atoms with E-state index in [2.05, 4.69) is 5.48 Å².